The number of thiazole rings is 1. The summed E-state index contributed by atoms with van der Waals surface area (Å²) in [7, 11) is 0. The monoisotopic (exact) mass is 423 g/mol. The molecule has 2 N–H and O–H groups in total. The number of nitrogens with zero attached hydrogens (tertiary/aromatic N) is 3. The quantitative estimate of drug-likeness (QED) is 0.630. The van der Waals surface area contributed by atoms with Crippen LogP contribution in [0.25, 0.3) is 4.96 Å². The van der Waals surface area contributed by atoms with E-state index in [9.17, 15) is 14.4 Å². The first kappa shape index (κ1) is 19.3. The molecule has 1 aromatic carbocycles. The number of fused-ring (bicyclic) bond motifs is 1. The minimum absolute atomic E-state index is 0.0902. The Morgan fingerprint density at radius 1 is 1.26 bits per heavy atom. The first-order chi connectivity index (χ1) is 12.9. The molecule has 0 bridgehead atoms. The summed E-state index contributed by atoms with van der Waals surface area (Å²) < 4.78 is 1.41. The molecule has 0 aliphatic heterocycles. The predicted octanol–water partition coefficient (Wildman–Crippen LogP) is 2.42. The first-order valence-corrected chi connectivity index (χ1v) is 10.1. The second-order valence-corrected chi connectivity index (χ2v) is 7.68. The van der Waals surface area contributed by atoms with Crippen molar-refractivity contribution in [1.82, 2.24) is 14.6 Å². The number of nitrogens with one attached hydrogen (secondary N) is 2. The van der Waals surface area contributed by atoms with Crippen LogP contribution in [0.2, 0.25) is 5.02 Å². The number of anilines is 2. The van der Waals surface area contributed by atoms with E-state index in [0.717, 1.165) is 0 Å². The number of hydrogen-bond donors (Lipinski definition) is 2. The van der Waals surface area contributed by atoms with E-state index < -0.39 is 5.56 Å². The molecule has 3 rings (SSSR count). The SMILES string of the molecule is Cc1nn2c(NC(=O)CSCC(=O)Nc3cccc(Cl)c3)csc2nc1=O. The van der Waals surface area contributed by atoms with Gasteiger partial charge in [-0.1, -0.05) is 17.7 Å². The number of amides is 2. The number of carbonyl (C=O) groups is 2. The lowest BCUT2D eigenvalue weighted by atomic mass is 10.3. The minimum Gasteiger partial charge on any atom is -0.325 e. The van der Waals surface area contributed by atoms with E-state index >= 15 is 0 Å². The number of carbonyl (C=O) groups excluding carboxylic acids is 2. The highest BCUT2D eigenvalue weighted by Gasteiger charge is 2.12. The molecular weight excluding hydrogens is 410 g/mol. The Kier molecular flexibility index (Phi) is 6.09. The Labute approximate surface area is 167 Å². The van der Waals surface area contributed by atoms with Gasteiger partial charge >= 0.3 is 0 Å². The lowest BCUT2D eigenvalue weighted by molar-refractivity contribution is -0.114. The zero-order chi connectivity index (χ0) is 19.4. The number of rotatable bonds is 6. The van der Waals surface area contributed by atoms with Gasteiger partial charge in [-0.25, -0.2) is 0 Å². The Hall–Kier alpha value is -2.43. The number of thioether (sulfide) groups is 1. The molecule has 0 unspecified atom stereocenters. The van der Waals surface area contributed by atoms with Crippen LogP contribution in [0.4, 0.5) is 11.5 Å². The van der Waals surface area contributed by atoms with Crippen molar-refractivity contribution in [2.75, 3.05) is 22.1 Å². The van der Waals surface area contributed by atoms with Crippen molar-refractivity contribution >= 4 is 63.0 Å². The largest absolute Gasteiger partial charge is 0.325 e. The average Bonchev–Trinajstić information content (AvgIpc) is 2.97. The fourth-order valence-electron chi connectivity index (χ4n) is 2.10. The zero-order valence-corrected chi connectivity index (χ0v) is 16.5. The van der Waals surface area contributed by atoms with Crippen LogP contribution in [0.5, 0.6) is 0 Å². The van der Waals surface area contributed by atoms with Crippen LogP contribution >= 0.6 is 34.7 Å². The Morgan fingerprint density at radius 3 is 2.74 bits per heavy atom. The van der Waals surface area contributed by atoms with E-state index in [-0.39, 0.29) is 29.0 Å². The van der Waals surface area contributed by atoms with Gasteiger partial charge in [0, 0.05) is 16.1 Å². The van der Waals surface area contributed by atoms with Gasteiger partial charge in [0.05, 0.1) is 11.5 Å². The van der Waals surface area contributed by atoms with E-state index in [1.165, 1.54) is 27.6 Å². The van der Waals surface area contributed by atoms with Crippen molar-refractivity contribution in [3.8, 4) is 0 Å². The first-order valence-electron chi connectivity index (χ1n) is 7.70. The highest BCUT2D eigenvalue weighted by molar-refractivity contribution is 8.00. The fourth-order valence-corrected chi connectivity index (χ4v) is 3.66. The summed E-state index contributed by atoms with van der Waals surface area (Å²) in [5, 5.41) is 11.7. The van der Waals surface area contributed by atoms with Gasteiger partial charge in [0.2, 0.25) is 16.8 Å². The van der Waals surface area contributed by atoms with Crippen LogP contribution in [0.15, 0.2) is 34.4 Å². The fraction of sp³-hybridized carbons (Fsp3) is 0.188. The van der Waals surface area contributed by atoms with Crippen molar-refractivity contribution in [3.05, 3.63) is 50.7 Å². The lowest BCUT2D eigenvalue weighted by Gasteiger charge is -2.06. The van der Waals surface area contributed by atoms with Crippen LogP contribution in [0.3, 0.4) is 0 Å². The molecule has 8 nitrogen and oxygen atoms in total. The van der Waals surface area contributed by atoms with Crippen molar-refractivity contribution in [1.29, 1.82) is 0 Å². The molecule has 0 radical (unpaired) electrons. The van der Waals surface area contributed by atoms with Crippen LogP contribution in [0.1, 0.15) is 5.69 Å². The van der Waals surface area contributed by atoms with E-state index in [0.29, 0.717) is 21.5 Å². The molecule has 2 aromatic heterocycles. The molecule has 2 heterocycles. The van der Waals surface area contributed by atoms with Gasteiger partial charge in [0.1, 0.15) is 11.5 Å². The van der Waals surface area contributed by atoms with Crippen LogP contribution in [0, 0.1) is 6.92 Å². The molecule has 3 aromatic rings. The molecular formula is C16H14ClN5O3S2. The summed E-state index contributed by atoms with van der Waals surface area (Å²) >= 11 is 8.24. The normalized spacial score (nSPS) is 10.7. The number of aryl methyl sites for hydroxylation is 1. The average molecular weight is 424 g/mol. The Balaban J connectivity index is 1.51. The third-order valence-corrected chi connectivity index (χ3v) is 5.27. The number of aromatic nitrogens is 3. The minimum atomic E-state index is -0.393. The highest BCUT2D eigenvalue weighted by atomic mass is 35.5. The molecule has 2 amide bonds. The molecule has 27 heavy (non-hydrogen) atoms. The summed E-state index contributed by atoms with van der Waals surface area (Å²) in [4.78, 5) is 39.8. The maximum atomic E-state index is 12.1. The molecule has 0 fully saturated rings. The Bertz CT molecular complexity index is 1070. The zero-order valence-electron chi connectivity index (χ0n) is 14.1. The lowest BCUT2D eigenvalue weighted by Crippen LogP contribution is -2.20. The highest BCUT2D eigenvalue weighted by Crippen LogP contribution is 2.17. The summed E-state index contributed by atoms with van der Waals surface area (Å²) in [6.07, 6.45) is 0. The maximum Gasteiger partial charge on any atom is 0.295 e. The molecule has 0 aliphatic rings. The third kappa shape index (κ3) is 5.06. The van der Waals surface area contributed by atoms with Crippen LogP contribution in [-0.4, -0.2) is 37.9 Å². The van der Waals surface area contributed by atoms with Gasteiger partial charge < -0.3 is 10.6 Å². The van der Waals surface area contributed by atoms with Gasteiger partial charge in [-0.15, -0.1) is 23.1 Å². The van der Waals surface area contributed by atoms with Crippen molar-refractivity contribution in [2.24, 2.45) is 0 Å². The van der Waals surface area contributed by atoms with Gasteiger partial charge in [-0.2, -0.15) is 14.6 Å². The second-order valence-electron chi connectivity index (χ2n) is 5.42. The third-order valence-electron chi connectivity index (χ3n) is 3.28. The topological polar surface area (TPSA) is 105 Å². The van der Waals surface area contributed by atoms with Crippen LogP contribution in [-0.2, 0) is 9.59 Å². The predicted molar refractivity (Wildman–Crippen MR) is 108 cm³/mol. The smallest absolute Gasteiger partial charge is 0.295 e. The summed E-state index contributed by atoms with van der Waals surface area (Å²) in [5.74, 6) is 0.130. The Morgan fingerprint density at radius 2 is 2.00 bits per heavy atom. The molecule has 0 saturated heterocycles. The molecule has 0 spiro atoms. The van der Waals surface area contributed by atoms with Crippen molar-refractivity contribution < 1.29 is 9.59 Å². The standard InChI is InChI=1S/C16H14ClN5O3S2/c1-9-15(25)20-16-22(21-9)12(6-27-16)19-14(24)8-26-7-13(23)18-11-4-2-3-10(17)5-11/h2-6H,7-8H2,1H3,(H,18,23)(H,19,24). The van der Waals surface area contributed by atoms with Gasteiger partial charge in [0.15, 0.2) is 0 Å². The van der Waals surface area contributed by atoms with E-state index in [1.54, 1.807) is 36.6 Å². The number of halogens is 1. The van der Waals surface area contributed by atoms with Gasteiger partial charge in [0.25, 0.3) is 5.56 Å². The summed E-state index contributed by atoms with van der Waals surface area (Å²) in [5.41, 5.74) is 0.454. The van der Waals surface area contributed by atoms with E-state index in [1.807, 2.05) is 0 Å². The van der Waals surface area contributed by atoms with E-state index in [2.05, 4.69) is 20.7 Å². The van der Waals surface area contributed by atoms with Crippen molar-refractivity contribution in [3.63, 3.8) is 0 Å². The number of hydrogen-bond acceptors (Lipinski definition) is 7. The van der Waals surface area contributed by atoms with Gasteiger partial charge in [-0.05, 0) is 25.1 Å². The number of benzene rings is 1. The van der Waals surface area contributed by atoms with E-state index in [4.69, 9.17) is 11.6 Å². The second kappa shape index (κ2) is 8.51. The molecule has 0 aliphatic carbocycles. The van der Waals surface area contributed by atoms with Crippen LogP contribution < -0.4 is 16.2 Å². The molecule has 140 valence electrons. The molecule has 0 saturated carbocycles. The van der Waals surface area contributed by atoms with Crippen molar-refractivity contribution in [2.45, 2.75) is 6.92 Å². The summed E-state index contributed by atoms with van der Waals surface area (Å²) in [6.45, 7) is 1.55. The molecule has 11 heteroatoms. The summed E-state index contributed by atoms with van der Waals surface area (Å²) in [6, 6.07) is 6.83. The molecule has 0 atom stereocenters. The van der Waals surface area contributed by atoms with Gasteiger partial charge in [-0.3, -0.25) is 14.4 Å². The maximum absolute atomic E-state index is 12.1.